The van der Waals surface area contributed by atoms with Gasteiger partial charge in [0, 0.05) is 11.4 Å². The standard InChI is InChI=1S/C15H15N3O3S/c16-10-3-1-2-4-11(10)17-14(19)12-7-9-5-6-18(15(20)21)8-13(9)22-12/h1-4,7H,5-6,8,16H2,(H,17,19)(H,20,21). The lowest BCUT2D eigenvalue weighted by atomic mass is 10.1. The molecule has 3 rings (SSSR count). The van der Waals surface area contributed by atoms with Crippen LogP contribution < -0.4 is 11.1 Å². The predicted octanol–water partition coefficient (Wildman–Crippen LogP) is 2.62. The predicted molar refractivity (Wildman–Crippen MR) is 85.3 cm³/mol. The number of hydrogen-bond acceptors (Lipinski definition) is 4. The number of nitrogens with zero attached hydrogens (tertiary/aromatic N) is 1. The first-order valence-corrected chi connectivity index (χ1v) is 7.61. The molecule has 2 heterocycles. The zero-order valence-corrected chi connectivity index (χ0v) is 12.5. The van der Waals surface area contributed by atoms with Crippen LogP contribution in [0.15, 0.2) is 30.3 Å². The molecule has 0 atom stereocenters. The third-order valence-corrected chi connectivity index (χ3v) is 4.75. The number of para-hydroxylation sites is 2. The second kappa shape index (κ2) is 5.69. The molecule has 7 heteroatoms. The van der Waals surface area contributed by atoms with Crippen LogP contribution in [0.3, 0.4) is 0 Å². The topological polar surface area (TPSA) is 95.7 Å². The Bertz CT molecular complexity index is 741. The summed E-state index contributed by atoms with van der Waals surface area (Å²) in [6.45, 7) is 0.807. The van der Waals surface area contributed by atoms with Gasteiger partial charge in [-0.1, -0.05) is 12.1 Å². The monoisotopic (exact) mass is 317 g/mol. The molecule has 1 aliphatic rings. The van der Waals surface area contributed by atoms with Gasteiger partial charge in [0.15, 0.2) is 0 Å². The van der Waals surface area contributed by atoms with Crippen LogP contribution in [0.25, 0.3) is 0 Å². The van der Waals surface area contributed by atoms with Crippen LogP contribution in [0.4, 0.5) is 16.2 Å². The molecule has 0 saturated carbocycles. The number of carbonyl (C=O) groups is 2. The Morgan fingerprint density at radius 3 is 2.82 bits per heavy atom. The minimum Gasteiger partial charge on any atom is -0.465 e. The molecule has 4 N–H and O–H groups in total. The number of carbonyl (C=O) groups excluding carboxylic acids is 1. The lowest BCUT2D eigenvalue weighted by Crippen LogP contribution is -2.33. The maximum atomic E-state index is 12.3. The Hall–Kier alpha value is -2.54. The van der Waals surface area contributed by atoms with Gasteiger partial charge in [0.2, 0.25) is 0 Å². The van der Waals surface area contributed by atoms with Crippen molar-refractivity contribution in [2.75, 3.05) is 17.6 Å². The molecule has 0 aliphatic carbocycles. The van der Waals surface area contributed by atoms with Gasteiger partial charge >= 0.3 is 6.09 Å². The van der Waals surface area contributed by atoms with Gasteiger partial charge in [0.05, 0.1) is 22.8 Å². The van der Waals surface area contributed by atoms with Crippen LogP contribution in [0.2, 0.25) is 0 Å². The number of amides is 2. The number of benzene rings is 1. The minimum atomic E-state index is -0.929. The molecular weight excluding hydrogens is 302 g/mol. The maximum absolute atomic E-state index is 12.3. The first-order chi connectivity index (χ1) is 10.5. The van der Waals surface area contributed by atoms with Crippen molar-refractivity contribution >= 4 is 34.7 Å². The van der Waals surface area contributed by atoms with E-state index < -0.39 is 6.09 Å². The zero-order valence-electron chi connectivity index (χ0n) is 11.7. The molecule has 0 unspecified atom stereocenters. The molecule has 1 aromatic heterocycles. The van der Waals surface area contributed by atoms with Gasteiger partial charge in [0.1, 0.15) is 0 Å². The molecule has 1 aromatic carbocycles. The van der Waals surface area contributed by atoms with Crippen LogP contribution in [-0.4, -0.2) is 28.6 Å². The molecule has 114 valence electrons. The summed E-state index contributed by atoms with van der Waals surface area (Å²) in [4.78, 5) is 26.2. The number of hydrogen-bond donors (Lipinski definition) is 3. The summed E-state index contributed by atoms with van der Waals surface area (Å²) in [6.07, 6.45) is -0.291. The van der Waals surface area contributed by atoms with E-state index in [1.54, 1.807) is 24.3 Å². The third-order valence-electron chi connectivity index (χ3n) is 3.59. The van der Waals surface area contributed by atoms with E-state index in [1.165, 1.54) is 16.2 Å². The molecule has 1 aliphatic heterocycles. The van der Waals surface area contributed by atoms with E-state index in [4.69, 9.17) is 10.8 Å². The molecule has 6 nitrogen and oxygen atoms in total. The summed E-state index contributed by atoms with van der Waals surface area (Å²) in [5.74, 6) is -0.223. The lowest BCUT2D eigenvalue weighted by molar-refractivity contribution is 0.103. The van der Waals surface area contributed by atoms with Crippen molar-refractivity contribution in [2.24, 2.45) is 0 Å². The number of anilines is 2. The molecule has 2 amide bonds. The number of carboxylic acid groups (broad SMARTS) is 1. The van der Waals surface area contributed by atoms with E-state index in [0.717, 1.165) is 10.4 Å². The van der Waals surface area contributed by atoms with Crippen molar-refractivity contribution in [1.29, 1.82) is 0 Å². The normalized spacial score (nSPS) is 13.5. The van der Waals surface area contributed by atoms with Gasteiger partial charge in [-0.3, -0.25) is 4.79 Å². The second-order valence-electron chi connectivity index (χ2n) is 5.05. The highest BCUT2D eigenvalue weighted by Gasteiger charge is 2.24. The Morgan fingerprint density at radius 1 is 1.32 bits per heavy atom. The molecule has 0 spiro atoms. The fourth-order valence-corrected chi connectivity index (χ4v) is 3.51. The second-order valence-corrected chi connectivity index (χ2v) is 6.19. The third kappa shape index (κ3) is 2.75. The van der Waals surface area contributed by atoms with E-state index in [2.05, 4.69) is 5.32 Å². The smallest absolute Gasteiger partial charge is 0.407 e. The van der Waals surface area contributed by atoms with Gasteiger partial charge < -0.3 is 21.1 Å². The van der Waals surface area contributed by atoms with Crippen molar-refractivity contribution in [1.82, 2.24) is 4.90 Å². The van der Waals surface area contributed by atoms with E-state index >= 15 is 0 Å². The highest BCUT2D eigenvalue weighted by Crippen LogP contribution is 2.29. The number of fused-ring (bicyclic) bond motifs is 1. The molecule has 22 heavy (non-hydrogen) atoms. The number of thiophene rings is 1. The zero-order chi connectivity index (χ0) is 15.7. The molecule has 0 bridgehead atoms. The Morgan fingerprint density at radius 2 is 2.09 bits per heavy atom. The number of rotatable bonds is 2. The molecule has 2 aromatic rings. The number of nitrogens with one attached hydrogen (secondary N) is 1. The summed E-state index contributed by atoms with van der Waals surface area (Å²) < 4.78 is 0. The van der Waals surface area contributed by atoms with Crippen molar-refractivity contribution < 1.29 is 14.7 Å². The Labute approximate surface area is 131 Å². The number of nitrogen functional groups attached to an aromatic ring is 1. The van der Waals surface area contributed by atoms with Crippen LogP contribution >= 0.6 is 11.3 Å². The Kier molecular flexibility index (Phi) is 3.72. The lowest BCUT2D eigenvalue weighted by Gasteiger charge is -2.23. The molecule has 0 radical (unpaired) electrons. The van der Waals surface area contributed by atoms with Crippen molar-refractivity contribution in [3.63, 3.8) is 0 Å². The average Bonchev–Trinajstić information content (AvgIpc) is 2.92. The first-order valence-electron chi connectivity index (χ1n) is 6.80. The minimum absolute atomic E-state index is 0.223. The van der Waals surface area contributed by atoms with Crippen molar-refractivity contribution in [3.8, 4) is 0 Å². The summed E-state index contributed by atoms with van der Waals surface area (Å²) in [7, 11) is 0. The fraction of sp³-hybridized carbons (Fsp3) is 0.200. The largest absolute Gasteiger partial charge is 0.465 e. The van der Waals surface area contributed by atoms with Crippen LogP contribution in [0.1, 0.15) is 20.1 Å². The van der Waals surface area contributed by atoms with E-state index in [1.807, 2.05) is 6.07 Å². The van der Waals surface area contributed by atoms with E-state index in [-0.39, 0.29) is 5.91 Å². The highest BCUT2D eigenvalue weighted by molar-refractivity contribution is 7.14. The first kappa shape index (κ1) is 14.4. The van der Waals surface area contributed by atoms with E-state index in [0.29, 0.717) is 35.8 Å². The maximum Gasteiger partial charge on any atom is 0.407 e. The van der Waals surface area contributed by atoms with Crippen LogP contribution in [0.5, 0.6) is 0 Å². The molecular formula is C15H15N3O3S. The summed E-state index contributed by atoms with van der Waals surface area (Å²) in [5.41, 5.74) is 7.95. The van der Waals surface area contributed by atoms with Crippen molar-refractivity contribution in [3.05, 3.63) is 45.6 Å². The van der Waals surface area contributed by atoms with Gasteiger partial charge in [-0.2, -0.15) is 0 Å². The SMILES string of the molecule is Nc1ccccc1NC(=O)c1cc2c(s1)CN(C(=O)O)CC2. The van der Waals surface area contributed by atoms with Gasteiger partial charge in [0.25, 0.3) is 5.91 Å². The highest BCUT2D eigenvalue weighted by atomic mass is 32.1. The van der Waals surface area contributed by atoms with Crippen molar-refractivity contribution in [2.45, 2.75) is 13.0 Å². The Balaban J connectivity index is 1.78. The average molecular weight is 317 g/mol. The van der Waals surface area contributed by atoms with Crippen LogP contribution in [0, 0.1) is 0 Å². The van der Waals surface area contributed by atoms with Crippen LogP contribution in [-0.2, 0) is 13.0 Å². The van der Waals surface area contributed by atoms with Gasteiger partial charge in [-0.05, 0) is 30.2 Å². The van der Waals surface area contributed by atoms with Gasteiger partial charge in [-0.25, -0.2) is 4.79 Å². The quantitative estimate of drug-likeness (QED) is 0.742. The summed E-state index contributed by atoms with van der Waals surface area (Å²) >= 11 is 1.33. The fourth-order valence-electron chi connectivity index (χ4n) is 2.39. The summed E-state index contributed by atoms with van der Waals surface area (Å²) in [5, 5.41) is 11.8. The molecule has 0 fully saturated rings. The molecule has 0 saturated heterocycles. The number of nitrogens with two attached hydrogens (primary N) is 1. The van der Waals surface area contributed by atoms with Gasteiger partial charge in [-0.15, -0.1) is 11.3 Å². The van der Waals surface area contributed by atoms with E-state index in [9.17, 15) is 9.59 Å². The summed E-state index contributed by atoms with van der Waals surface area (Å²) in [6, 6.07) is 8.91.